The van der Waals surface area contributed by atoms with Gasteiger partial charge in [0.15, 0.2) is 0 Å². The number of amides is 1. The van der Waals surface area contributed by atoms with Crippen molar-refractivity contribution in [2.24, 2.45) is 0 Å². The summed E-state index contributed by atoms with van der Waals surface area (Å²) in [4.78, 5) is 16.4. The van der Waals surface area contributed by atoms with Crippen molar-refractivity contribution in [3.05, 3.63) is 35.4 Å². The van der Waals surface area contributed by atoms with Crippen molar-refractivity contribution in [2.75, 3.05) is 33.2 Å². The summed E-state index contributed by atoms with van der Waals surface area (Å²) in [6.45, 7) is 5.91. The number of benzene rings is 1. The van der Waals surface area contributed by atoms with Crippen molar-refractivity contribution in [2.45, 2.75) is 26.2 Å². The van der Waals surface area contributed by atoms with Gasteiger partial charge in [0.2, 0.25) is 5.91 Å². The molecule has 3 heteroatoms. The molecule has 1 aromatic carbocycles. The maximum Gasteiger partial charge on any atom is 0.222 e. The average Bonchev–Trinajstić information content (AvgIpc) is 2.46. The van der Waals surface area contributed by atoms with Gasteiger partial charge < -0.3 is 9.80 Å². The zero-order chi connectivity index (χ0) is 13.7. The van der Waals surface area contributed by atoms with Crippen LogP contribution in [0.3, 0.4) is 0 Å². The lowest BCUT2D eigenvalue weighted by Crippen LogP contribution is -2.47. The standard InChI is InChI=1S/C16H24N2O/c1-3-14-4-6-15(7-5-14)8-9-16(19)18-12-10-17(2)11-13-18/h4-7H,3,8-13H2,1-2H3. The fourth-order valence-corrected chi connectivity index (χ4v) is 2.41. The fourth-order valence-electron chi connectivity index (χ4n) is 2.41. The molecule has 0 N–H and O–H groups in total. The molecule has 2 rings (SSSR count). The van der Waals surface area contributed by atoms with Crippen molar-refractivity contribution in [1.82, 2.24) is 9.80 Å². The van der Waals surface area contributed by atoms with Crippen LogP contribution in [0.1, 0.15) is 24.5 Å². The van der Waals surface area contributed by atoms with Gasteiger partial charge in [0.1, 0.15) is 0 Å². The van der Waals surface area contributed by atoms with Gasteiger partial charge in [-0.25, -0.2) is 0 Å². The summed E-state index contributed by atoms with van der Waals surface area (Å²) in [5.41, 5.74) is 2.62. The molecule has 0 aliphatic carbocycles. The van der Waals surface area contributed by atoms with Crippen LogP contribution in [0.5, 0.6) is 0 Å². The topological polar surface area (TPSA) is 23.6 Å². The first kappa shape index (κ1) is 14.1. The van der Waals surface area contributed by atoms with Crippen LogP contribution in [0.2, 0.25) is 0 Å². The van der Waals surface area contributed by atoms with Gasteiger partial charge in [-0.1, -0.05) is 31.2 Å². The molecular formula is C16H24N2O. The SMILES string of the molecule is CCc1ccc(CCC(=O)N2CCN(C)CC2)cc1. The number of likely N-dealkylation sites (N-methyl/N-ethyl adjacent to an activating group) is 1. The van der Waals surface area contributed by atoms with E-state index in [4.69, 9.17) is 0 Å². The lowest BCUT2D eigenvalue weighted by molar-refractivity contribution is -0.132. The zero-order valence-corrected chi connectivity index (χ0v) is 12.1. The molecule has 1 saturated heterocycles. The molecule has 1 amide bonds. The highest BCUT2D eigenvalue weighted by Crippen LogP contribution is 2.09. The molecule has 0 radical (unpaired) electrons. The van der Waals surface area contributed by atoms with E-state index in [2.05, 4.69) is 43.1 Å². The second-order valence-corrected chi connectivity index (χ2v) is 5.35. The number of aryl methyl sites for hydroxylation is 2. The number of piperazine rings is 1. The normalized spacial score (nSPS) is 16.6. The van der Waals surface area contributed by atoms with E-state index in [1.807, 2.05) is 4.90 Å². The van der Waals surface area contributed by atoms with Gasteiger partial charge in [-0.05, 0) is 31.0 Å². The number of hydrogen-bond acceptors (Lipinski definition) is 2. The van der Waals surface area contributed by atoms with E-state index in [0.29, 0.717) is 12.3 Å². The van der Waals surface area contributed by atoms with Crippen LogP contribution in [0.4, 0.5) is 0 Å². The van der Waals surface area contributed by atoms with Gasteiger partial charge in [0, 0.05) is 32.6 Å². The first-order valence-corrected chi connectivity index (χ1v) is 7.23. The highest BCUT2D eigenvalue weighted by atomic mass is 16.2. The Kier molecular flexibility index (Phi) is 4.97. The van der Waals surface area contributed by atoms with Crippen LogP contribution in [0.15, 0.2) is 24.3 Å². The van der Waals surface area contributed by atoms with E-state index in [-0.39, 0.29) is 0 Å². The Morgan fingerprint density at radius 3 is 2.21 bits per heavy atom. The monoisotopic (exact) mass is 260 g/mol. The van der Waals surface area contributed by atoms with Crippen molar-refractivity contribution < 1.29 is 4.79 Å². The molecule has 1 aliphatic heterocycles. The minimum atomic E-state index is 0.299. The Morgan fingerprint density at radius 1 is 1.05 bits per heavy atom. The van der Waals surface area contributed by atoms with Gasteiger partial charge >= 0.3 is 0 Å². The predicted molar refractivity (Wildman–Crippen MR) is 78.2 cm³/mol. The smallest absolute Gasteiger partial charge is 0.222 e. The van der Waals surface area contributed by atoms with Crippen LogP contribution < -0.4 is 0 Å². The summed E-state index contributed by atoms with van der Waals surface area (Å²) in [7, 11) is 2.11. The van der Waals surface area contributed by atoms with Gasteiger partial charge in [-0.3, -0.25) is 4.79 Å². The molecule has 0 saturated carbocycles. The highest BCUT2D eigenvalue weighted by Gasteiger charge is 2.18. The Hall–Kier alpha value is -1.35. The third-order valence-corrected chi connectivity index (χ3v) is 3.91. The van der Waals surface area contributed by atoms with E-state index in [0.717, 1.165) is 39.0 Å². The summed E-state index contributed by atoms with van der Waals surface area (Å²) < 4.78 is 0. The van der Waals surface area contributed by atoms with Gasteiger partial charge in [-0.15, -0.1) is 0 Å². The molecule has 0 spiro atoms. The highest BCUT2D eigenvalue weighted by molar-refractivity contribution is 5.76. The van der Waals surface area contributed by atoms with Crippen LogP contribution in [0, 0.1) is 0 Å². The minimum absolute atomic E-state index is 0.299. The van der Waals surface area contributed by atoms with Crippen LogP contribution >= 0.6 is 0 Å². The van der Waals surface area contributed by atoms with Crippen LogP contribution in [-0.2, 0) is 17.6 Å². The van der Waals surface area contributed by atoms with Gasteiger partial charge in [0.25, 0.3) is 0 Å². The van der Waals surface area contributed by atoms with Crippen LogP contribution in [0.25, 0.3) is 0 Å². The summed E-state index contributed by atoms with van der Waals surface area (Å²) in [6, 6.07) is 8.62. The molecule has 0 unspecified atom stereocenters. The molecule has 1 heterocycles. The number of carbonyl (C=O) groups is 1. The Balaban J connectivity index is 1.79. The molecule has 19 heavy (non-hydrogen) atoms. The summed E-state index contributed by atoms with van der Waals surface area (Å²) in [6.07, 6.45) is 2.56. The molecule has 0 bridgehead atoms. The number of nitrogens with zero attached hydrogens (tertiary/aromatic N) is 2. The molecule has 3 nitrogen and oxygen atoms in total. The number of carbonyl (C=O) groups excluding carboxylic acids is 1. The average molecular weight is 260 g/mol. The molecule has 1 fully saturated rings. The molecule has 1 aliphatic rings. The number of rotatable bonds is 4. The number of hydrogen-bond donors (Lipinski definition) is 0. The maximum absolute atomic E-state index is 12.1. The quantitative estimate of drug-likeness (QED) is 0.826. The summed E-state index contributed by atoms with van der Waals surface area (Å²) in [5.74, 6) is 0.299. The summed E-state index contributed by atoms with van der Waals surface area (Å²) in [5, 5.41) is 0. The van der Waals surface area contributed by atoms with E-state index >= 15 is 0 Å². The third kappa shape index (κ3) is 4.06. The second-order valence-electron chi connectivity index (χ2n) is 5.35. The Labute approximate surface area is 116 Å². The minimum Gasteiger partial charge on any atom is -0.340 e. The zero-order valence-electron chi connectivity index (χ0n) is 12.1. The molecule has 0 aromatic heterocycles. The van der Waals surface area contributed by atoms with Crippen LogP contribution in [-0.4, -0.2) is 48.9 Å². The maximum atomic E-state index is 12.1. The van der Waals surface area contributed by atoms with E-state index in [1.54, 1.807) is 0 Å². The van der Waals surface area contributed by atoms with Gasteiger partial charge in [-0.2, -0.15) is 0 Å². The van der Waals surface area contributed by atoms with E-state index in [1.165, 1.54) is 11.1 Å². The van der Waals surface area contributed by atoms with Gasteiger partial charge in [0.05, 0.1) is 0 Å². The van der Waals surface area contributed by atoms with Crippen molar-refractivity contribution in [3.8, 4) is 0 Å². The molecular weight excluding hydrogens is 236 g/mol. The van der Waals surface area contributed by atoms with E-state index < -0.39 is 0 Å². The first-order valence-electron chi connectivity index (χ1n) is 7.23. The Bertz CT molecular complexity index is 405. The lowest BCUT2D eigenvalue weighted by Gasteiger charge is -2.32. The van der Waals surface area contributed by atoms with Crippen molar-refractivity contribution in [1.29, 1.82) is 0 Å². The van der Waals surface area contributed by atoms with Crippen molar-refractivity contribution >= 4 is 5.91 Å². The molecule has 104 valence electrons. The largest absolute Gasteiger partial charge is 0.340 e. The van der Waals surface area contributed by atoms with E-state index in [9.17, 15) is 4.79 Å². The molecule has 1 aromatic rings. The summed E-state index contributed by atoms with van der Waals surface area (Å²) >= 11 is 0. The second kappa shape index (κ2) is 6.71. The molecule has 0 atom stereocenters. The lowest BCUT2D eigenvalue weighted by atomic mass is 10.1. The Morgan fingerprint density at radius 2 is 1.63 bits per heavy atom. The van der Waals surface area contributed by atoms with Crippen molar-refractivity contribution in [3.63, 3.8) is 0 Å². The fraction of sp³-hybridized carbons (Fsp3) is 0.562. The first-order chi connectivity index (χ1) is 9.19. The third-order valence-electron chi connectivity index (χ3n) is 3.91. The predicted octanol–water partition coefficient (Wildman–Crippen LogP) is 1.96.